The molecule has 0 radical (unpaired) electrons. The Bertz CT molecular complexity index is 1890. The third-order valence-electron chi connectivity index (χ3n) is 6.60. The second-order valence-corrected chi connectivity index (χ2v) is 11.2. The summed E-state index contributed by atoms with van der Waals surface area (Å²) in [5.74, 6) is 2.34. The van der Waals surface area contributed by atoms with Crippen molar-refractivity contribution < 1.29 is 14.2 Å². The van der Waals surface area contributed by atoms with E-state index in [9.17, 15) is 9.50 Å². The highest BCUT2D eigenvalue weighted by Gasteiger charge is 2.16. The Kier molecular flexibility index (Phi) is 7.85. The topological polar surface area (TPSA) is 113 Å². The van der Waals surface area contributed by atoms with Crippen molar-refractivity contribution in [3.8, 4) is 45.4 Å². The van der Waals surface area contributed by atoms with E-state index in [1.807, 2.05) is 47.9 Å². The van der Waals surface area contributed by atoms with Crippen LogP contribution >= 0.6 is 23.1 Å². The minimum Gasteiger partial charge on any atom is -0.507 e. The maximum absolute atomic E-state index is 14.0. The van der Waals surface area contributed by atoms with Gasteiger partial charge in [0, 0.05) is 10.6 Å². The van der Waals surface area contributed by atoms with Gasteiger partial charge in [0.2, 0.25) is 5.16 Å². The molecule has 0 amide bonds. The number of thioether (sulfide) groups is 1. The Morgan fingerprint density at radius 2 is 1.76 bits per heavy atom. The van der Waals surface area contributed by atoms with Gasteiger partial charge in [-0.05, 0) is 83.1 Å². The number of aromatic nitrogens is 6. The van der Waals surface area contributed by atoms with Crippen LogP contribution in [0.1, 0.15) is 21.8 Å². The Labute approximate surface area is 249 Å². The predicted octanol–water partition coefficient (Wildman–Crippen LogP) is 7.61. The third-order valence-corrected chi connectivity index (χ3v) is 8.48. The molecule has 3 heterocycles. The van der Waals surface area contributed by atoms with Gasteiger partial charge in [0.1, 0.15) is 23.1 Å². The van der Waals surface area contributed by atoms with E-state index >= 15 is 0 Å². The average Bonchev–Trinajstić information content (AvgIpc) is 3.77. The molecule has 0 aliphatic carbocycles. The van der Waals surface area contributed by atoms with E-state index in [-0.39, 0.29) is 11.6 Å². The lowest BCUT2D eigenvalue weighted by Crippen LogP contribution is -1.91. The van der Waals surface area contributed by atoms with Gasteiger partial charge in [-0.25, -0.2) is 14.4 Å². The lowest BCUT2D eigenvalue weighted by Gasteiger charge is -2.10. The standard InChI is InChI=1S/C31H25FN6O2S2/c1-18-13-14-41-27(18)11-12-28-33-29(36-35-28)22-15-19(7-9-25(22)39)20-8-10-26(40-2)23(16-20)30-34-31(38-37-30)42-17-21-5-3-4-6-24(21)32/h3-16,39H,17H2,1-2H3,(H,33,35,36)(H,34,37,38)/b12-11+. The highest BCUT2D eigenvalue weighted by molar-refractivity contribution is 7.98. The van der Waals surface area contributed by atoms with Gasteiger partial charge >= 0.3 is 0 Å². The highest BCUT2D eigenvalue weighted by Crippen LogP contribution is 2.37. The first kappa shape index (κ1) is 27.4. The smallest absolute Gasteiger partial charge is 0.209 e. The summed E-state index contributed by atoms with van der Waals surface area (Å²) in [6.07, 6.45) is 3.86. The minimum atomic E-state index is -0.255. The normalized spacial score (nSPS) is 11.4. The summed E-state index contributed by atoms with van der Waals surface area (Å²) in [5.41, 5.74) is 4.71. The molecule has 3 aromatic carbocycles. The molecule has 0 saturated heterocycles. The fraction of sp³-hybridized carbons (Fsp3) is 0.0968. The number of hydrogen-bond acceptors (Lipinski definition) is 8. The Morgan fingerprint density at radius 1 is 0.952 bits per heavy atom. The highest BCUT2D eigenvalue weighted by atomic mass is 32.2. The average molecular weight is 597 g/mol. The number of aromatic hydroxyl groups is 1. The van der Waals surface area contributed by atoms with Gasteiger partial charge in [0.25, 0.3) is 0 Å². The van der Waals surface area contributed by atoms with Crippen LogP contribution in [-0.2, 0) is 5.75 Å². The van der Waals surface area contributed by atoms with Crippen molar-refractivity contribution in [2.75, 3.05) is 7.11 Å². The van der Waals surface area contributed by atoms with Crippen LogP contribution in [0.15, 0.2) is 77.3 Å². The number of aryl methyl sites for hydroxylation is 1. The number of H-pyrrole nitrogens is 2. The summed E-state index contributed by atoms with van der Waals surface area (Å²) in [4.78, 5) is 10.3. The first-order valence-electron chi connectivity index (χ1n) is 12.9. The first-order valence-corrected chi connectivity index (χ1v) is 14.8. The van der Waals surface area contributed by atoms with Crippen molar-refractivity contribution in [3.05, 3.63) is 99.8 Å². The Morgan fingerprint density at radius 3 is 2.55 bits per heavy atom. The van der Waals surface area contributed by atoms with E-state index in [0.29, 0.717) is 50.8 Å². The number of benzene rings is 3. The van der Waals surface area contributed by atoms with Gasteiger partial charge in [-0.1, -0.05) is 42.1 Å². The minimum absolute atomic E-state index is 0.0721. The molecule has 0 aliphatic rings. The molecule has 0 saturated carbocycles. The van der Waals surface area contributed by atoms with Crippen LogP contribution in [0.25, 0.3) is 46.1 Å². The fourth-order valence-electron chi connectivity index (χ4n) is 4.34. The third kappa shape index (κ3) is 5.83. The molecule has 0 bridgehead atoms. The Hall–Kier alpha value is -4.74. The molecule has 0 unspecified atom stereocenters. The van der Waals surface area contributed by atoms with Crippen LogP contribution in [-0.4, -0.2) is 42.6 Å². The summed E-state index contributed by atoms with van der Waals surface area (Å²) in [6, 6.07) is 19.7. The zero-order valence-corrected chi connectivity index (χ0v) is 24.3. The molecule has 0 aliphatic heterocycles. The zero-order chi connectivity index (χ0) is 29.1. The van der Waals surface area contributed by atoms with Gasteiger partial charge in [0.15, 0.2) is 11.6 Å². The van der Waals surface area contributed by atoms with Crippen LogP contribution in [0, 0.1) is 12.7 Å². The predicted molar refractivity (Wildman–Crippen MR) is 165 cm³/mol. The lowest BCUT2D eigenvalue weighted by molar-refractivity contribution is 0.416. The number of thiophene rings is 1. The quantitative estimate of drug-likeness (QED) is 0.147. The molecule has 42 heavy (non-hydrogen) atoms. The summed E-state index contributed by atoms with van der Waals surface area (Å²) < 4.78 is 19.6. The molecular formula is C31H25FN6O2S2. The van der Waals surface area contributed by atoms with E-state index in [2.05, 4.69) is 43.4 Å². The fourth-order valence-corrected chi connectivity index (χ4v) is 5.94. The number of rotatable bonds is 9. The molecule has 0 fully saturated rings. The monoisotopic (exact) mass is 596 g/mol. The summed E-state index contributed by atoms with van der Waals surface area (Å²) in [7, 11) is 1.59. The molecule has 6 aromatic rings. The molecule has 0 atom stereocenters. The summed E-state index contributed by atoms with van der Waals surface area (Å²) in [5, 5.41) is 27.7. The molecule has 0 spiro atoms. The number of hydrogen-bond donors (Lipinski definition) is 3. The summed E-state index contributed by atoms with van der Waals surface area (Å²) >= 11 is 3.00. The maximum atomic E-state index is 14.0. The molecule has 3 N–H and O–H groups in total. The molecular weight excluding hydrogens is 572 g/mol. The van der Waals surface area contributed by atoms with Crippen molar-refractivity contribution in [1.29, 1.82) is 0 Å². The van der Waals surface area contributed by atoms with Gasteiger partial charge in [-0.2, -0.15) is 5.10 Å². The number of halogens is 1. The van der Waals surface area contributed by atoms with Crippen LogP contribution in [0.3, 0.4) is 0 Å². The SMILES string of the molecule is COc1ccc(-c2ccc(O)c(-c3n[nH]c(/C=C/c4sccc4C)n3)c2)cc1-c1nc(SCc2ccccc2F)n[nH]1. The number of nitrogens with one attached hydrogen (secondary N) is 2. The van der Waals surface area contributed by atoms with Crippen LogP contribution in [0.2, 0.25) is 0 Å². The number of methoxy groups -OCH3 is 1. The summed E-state index contributed by atoms with van der Waals surface area (Å²) in [6.45, 7) is 2.06. The van der Waals surface area contributed by atoms with Crippen molar-refractivity contribution in [2.45, 2.75) is 17.8 Å². The van der Waals surface area contributed by atoms with E-state index < -0.39 is 0 Å². The molecule has 210 valence electrons. The van der Waals surface area contributed by atoms with E-state index in [4.69, 9.17) is 4.74 Å². The van der Waals surface area contributed by atoms with Crippen molar-refractivity contribution in [2.24, 2.45) is 0 Å². The maximum Gasteiger partial charge on any atom is 0.209 e. The van der Waals surface area contributed by atoms with Gasteiger partial charge in [0.05, 0.1) is 18.2 Å². The largest absolute Gasteiger partial charge is 0.507 e. The molecule has 3 aromatic heterocycles. The number of phenols is 1. The van der Waals surface area contributed by atoms with Crippen LogP contribution in [0.4, 0.5) is 4.39 Å². The van der Waals surface area contributed by atoms with Gasteiger partial charge in [-0.15, -0.1) is 16.4 Å². The van der Waals surface area contributed by atoms with E-state index in [0.717, 1.165) is 16.0 Å². The second kappa shape index (κ2) is 12.0. The second-order valence-electron chi connectivity index (χ2n) is 9.34. The van der Waals surface area contributed by atoms with Crippen LogP contribution < -0.4 is 4.74 Å². The van der Waals surface area contributed by atoms with Crippen LogP contribution in [0.5, 0.6) is 11.5 Å². The number of phenolic OH excluding ortho intramolecular Hbond substituents is 1. The number of nitrogens with zero attached hydrogens (tertiary/aromatic N) is 4. The Balaban J connectivity index is 1.26. The first-order chi connectivity index (χ1) is 20.5. The molecule has 11 heteroatoms. The lowest BCUT2D eigenvalue weighted by atomic mass is 9.99. The zero-order valence-electron chi connectivity index (χ0n) is 22.6. The van der Waals surface area contributed by atoms with Crippen molar-refractivity contribution in [1.82, 2.24) is 30.4 Å². The van der Waals surface area contributed by atoms with Crippen molar-refractivity contribution >= 4 is 35.3 Å². The number of aromatic amines is 2. The van der Waals surface area contributed by atoms with E-state index in [1.54, 1.807) is 42.7 Å². The molecule has 6 rings (SSSR count). The number of ether oxygens (including phenoxy) is 1. The van der Waals surface area contributed by atoms with Crippen molar-refractivity contribution in [3.63, 3.8) is 0 Å². The van der Waals surface area contributed by atoms with Gasteiger partial charge in [-0.3, -0.25) is 10.2 Å². The van der Waals surface area contributed by atoms with Gasteiger partial charge < -0.3 is 9.84 Å². The van der Waals surface area contributed by atoms with E-state index in [1.165, 1.54) is 23.4 Å². The molecule has 8 nitrogen and oxygen atoms in total.